The van der Waals surface area contributed by atoms with E-state index < -0.39 is 0 Å². The number of rotatable bonds is 6. The largest absolute Gasteiger partial charge is 0.372 e. The van der Waals surface area contributed by atoms with Crippen molar-refractivity contribution in [3.63, 3.8) is 0 Å². The normalized spacial score (nSPS) is 17.7. The zero-order valence-corrected chi connectivity index (χ0v) is 17.8. The van der Waals surface area contributed by atoms with Crippen LogP contribution in [0.15, 0.2) is 48.5 Å². The minimum Gasteiger partial charge on any atom is -0.372 e. The van der Waals surface area contributed by atoms with Crippen LogP contribution in [0.2, 0.25) is 5.02 Å². The Kier molecular flexibility index (Phi) is 7.31. The maximum Gasteiger partial charge on any atom is 0.246 e. The highest BCUT2D eigenvalue weighted by Crippen LogP contribution is 2.22. The molecule has 154 valence electrons. The number of aryl methyl sites for hydroxylation is 1. The number of carbonyl (C=O) groups excluding carboxylic acids is 1. The number of hydrogen-bond acceptors (Lipinski definition) is 4. The fraction of sp³-hybridized carbons (Fsp3) is 0.348. The van der Waals surface area contributed by atoms with Gasteiger partial charge in [0.25, 0.3) is 0 Å². The lowest BCUT2D eigenvalue weighted by Crippen LogP contribution is -2.53. The second kappa shape index (κ2) is 9.92. The average Bonchev–Trinajstić information content (AvgIpc) is 2.69. The highest BCUT2D eigenvalue weighted by Gasteiger charge is 2.26. The quantitative estimate of drug-likeness (QED) is 0.560. The minimum atomic E-state index is 0.0288. The van der Waals surface area contributed by atoms with Crippen LogP contribution in [0.1, 0.15) is 23.6 Å². The summed E-state index contributed by atoms with van der Waals surface area (Å²) in [5.74, 6) is 0.0288. The van der Waals surface area contributed by atoms with Gasteiger partial charge in [-0.1, -0.05) is 47.5 Å². The number of amides is 1. The van der Waals surface area contributed by atoms with Crippen LogP contribution in [0, 0.1) is 6.92 Å². The van der Waals surface area contributed by atoms with E-state index in [-0.39, 0.29) is 11.9 Å². The molecule has 1 saturated heterocycles. The van der Waals surface area contributed by atoms with Crippen LogP contribution in [-0.2, 0) is 11.3 Å². The van der Waals surface area contributed by atoms with Crippen LogP contribution in [0.3, 0.4) is 0 Å². The third-order valence-corrected chi connectivity index (χ3v) is 5.47. The van der Waals surface area contributed by atoms with Gasteiger partial charge in [0.1, 0.15) is 0 Å². The Morgan fingerprint density at radius 1 is 1.24 bits per heavy atom. The van der Waals surface area contributed by atoms with Gasteiger partial charge in [-0.05, 0) is 43.2 Å². The molecule has 0 radical (unpaired) electrons. The molecule has 2 aromatic carbocycles. The molecule has 3 N–H and O–H groups in total. The van der Waals surface area contributed by atoms with Gasteiger partial charge in [-0.25, -0.2) is 0 Å². The fourth-order valence-corrected chi connectivity index (χ4v) is 3.82. The summed E-state index contributed by atoms with van der Waals surface area (Å²) in [6.45, 7) is 7.90. The lowest BCUT2D eigenvalue weighted by Gasteiger charge is -2.39. The Bertz CT molecular complexity index is 866. The molecule has 1 amide bonds. The van der Waals surface area contributed by atoms with E-state index in [0.29, 0.717) is 11.7 Å². The molecule has 0 saturated carbocycles. The number of anilines is 1. The summed E-state index contributed by atoms with van der Waals surface area (Å²) >= 11 is 6.05. The predicted octanol–water partition coefficient (Wildman–Crippen LogP) is 3.72. The zero-order valence-electron chi connectivity index (χ0n) is 17.1. The van der Waals surface area contributed by atoms with E-state index in [1.807, 2.05) is 23.1 Å². The van der Waals surface area contributed by atoms with Crippen LogP contribution in [0.5, 0.6) is 0 Å². The zero-order chi connectivity index (χ0) is 20.8. The average molecular weight is 413 g/mol. The number of benzene rings is 2. The molecule has 0 spiro atoms. The van der Waals surface area contributed by atoms with Gasteiger partial charge in [-0.2, -0.15) is 0 Å². The molecular formula is C23H29ClN4O. The highest BCUT2D eigenvalue weighted by molar-refractivity contribution is 6.31. The van der Waals surface area contributed by atoms with Gasteiger partial charge in [0.15, 0.2) is 0 Å². The number of piperazine rings is 1. The molecule has 3 rings (SSSR count). The van der Waals surface area contributed by atoms with Gasteiger partial charge in [-0.3, -0.25) is 9.69 Å². The van der Waals surface area contributed by atoms with Crippen LogP contribution in [0.4, 0.5) is 5.69 Å². The number of hydrogen-bond donors (Lipinski definition) is 2. The second-order valence-electron chi connectivity index (χ2n) is 7.55. The SMILES string of the molecule is Cc1ccc(CN2CCN(C(=O)/C=C/c3ccc(Cl)cc3NCN)[C@H](C)C2)cc1. The van der Waals surface area contributed by atoms with Crippen LogP contribution in [-0.4, -0.2) is 48.1 Å². The Morgan fingerprint density at radius 3 is 2.69 bits per heavy atom. The first-order valence-corrected chi connectivity index (χ1v) is 10.3. The minimum absolute atomic E-state index is 0.0288. The summed E-state index contributed by atoms with van der Waals surface area (Å²) in [6, 6.07) is 14.3. The Hall–Kier alpha value is -2.34. The molecule has 5 nitrogen and oxygen atoms in total. The third kappa shape index (κ3) is 5.82. The van der Waals surface area contributed by atoms with Gasteiger partial charge >= 0.3 is 0 Å². The van der Waals surface area contributed by atoms with Crippen molar-refractivity contribution in [2.45, 2.75) is 26.4 Å². The first-order valence-electron chi connectivity index (χ1n) is 9.96. The Morgan fingerprint density at radius 2 is 2.00 bits per heavy atom. The van der Waals surface area contributed by atoms with E-state index in [1.54, 1.807) is 12.1 Å². The van der Waals surface area contributed by atoms with Crippen molar-refractivity contribution >= 4 is 29.3 Å². The van der Waals surface area contributed by atoms with Crippen molar-refractivity contribution < 1.29 is 4.79 Å². The third-order valence-electron chi connectivity index (χ3n) is 5.23. The molecule has 1 aliphatic rings. The van der Waals surface area contributed by atoms with E-state index >= 15 is 0 Å². The number of nitrogens with two attached hydrogens (primary N) is 1. The van der Waals surface area contributed by atoms with Gasteiger partial charge < -0.3 is 16.0 Å². The van der Waals surface area contributed by atoms with E-state index in [2.05, 4.69) is 48.3 Å². The van der Waals surface area contributed by atoms with Gasteiger partial charge in [0, 0.05) is 49.0 Å². The summed E-state index contributed by atoms with van der Waals surface area (Å²) < 4.78 is 0. The molecule has 0 unspecified atom stereocenters. The monoisotopic (exact) mass is 412 g/mol. The first-order chi connectivity index (χ1) is 14.0. The molecule has 0 aliphatic carbocycles. The molecule has 0 bridgehead atoms. The summed E-state index contributed by atoms with van der Waals surface area (Å²) in [7, 11) is 0. The Balaban J connectivity index is 1.59. The fourth-order valence-electron chi connectivity index (χ4n) is 3.65. The van der Waals surface area contributed by atoms with Crippen molar-refractivity contribution in [3.8, 4) is 0 Å². The summed E-state index contributed by atoms with van der Waals surface area (Å²) in [6.07, 6.45) is 3.46. The summed E-state index contributed by atoms with van der Waals surface area (Å²) in [4.78, 5) is 17.1. The maximum absolute atomic E-state index is 12.8. The number of nitrogens with zero attached hydrogens (tertiary/aromatic N) is 2. The van der Waals surface area contributed by atoms with E-state index in [9.17, 15) is 4.79 Å². The van der Waals surface area contributed by atoms with E-state index in [0.717, 1.165) is 37.4 Å². The molecule has 1 atom stereocenters. The van der Waals surface area contributed by atoms with E-state index in [4.69, 9.17) is 17.3 Å². The van der Waals surface area contributed by atoms with Crippen molar-refractivity contribution in [2.75, 3.05) is 31.6 Å². The van der Waals surface area contributed by atoms with E-state index in [1.165, 1.54) is 11.1 Å². The maximum atomic E-state index is 12.8. The summed E-state index contributed by atoms with van der Waals surface area (Å²) in [5.41, 5.74) is 9.88. The Labute approximate surface area is 178 Å². The van der Waals surface area contributed by atoms with Crippen molar-refractivity contribution in [1.82, 2.24) is 9.80 Å². The molecule has 2 aromatic rings. The van der Waals surface area contributed by atoms with Crippen LogP contribution >= 0.6 is 11.6 Å². The lowest BCUT2D eigenvalue weighted by atomic mass is 10.1. The summed E-state index contributed by atoms with van der Waals surface area (Å²) in [5, 5.41) is 3.70. The molecule has 1 fully saturated rings. The smallest absolute Gasteiger partial charge is 0.246 e. The molecule has 1 aliphatic heterocycles. The van der Waals surface area contributed by atoms with Gasteiger partial charge in [0.2, 0.25) is 5.91 Å². The highest BCUT2D eigenvalue weighted by atomic mass is 35.5. The van der Waals surface area contributed by atoms with Crippen LogP contribution in [0.25, 0.3) is 6.08 Å². The number of nitrogens with one attached hydrogen (secondary N) is 1. The van der Waals surface area contributed by atoms with Crippen molar-refractivity contribution in [1.29, 1.82) is 0 Å². The molecular weight excluding hydrogens is 384 g/mol. The van der Waals surface area contributed by atoms with Crippen LogP contribution < -0.4 is 11.1 Å². The number of halogens is 1. The van der Waals surface area contributed by atoms with Crippen molar-refractivity contribution in [2.24, 2.45) is 5.73 Å². The predicted molar refractivity (Wildman–Crippen MR) is 121 cm³/mol. The second-order valence-corrected chi connectivity index (χ2v) is 7.98. The van der Waals surface area contributed by atoms with Gasteiger partial charge in [-0.15, -0.1) is 0 Å². The number of carbonyl (C=O) groups is 1. The van der Waals surface area contributed by atoms with Crippen molar-refractivity contribution in [3.05, 3.63) is 70.3 Å². The molecule has 6 heteroatoms. The first kappa shape index (κ1) is 21.4. The molecule has 0 aromatic heterocycles. The standard InChI is InChI=1S/C23H29ClN4O/c1-17-3-5-19(6-4-17)15-27-11-12-28(18(2)14-27)23(29)10-8-20-7-9-21(24)13-22(20)26-16-25/h3-10,13,18,26H,11-12,14-16,25H2,1-2H3/b10-8+/t18-/m1/s1. The lowest BCUT2D eigenvalue weighted by molar-refractivity contribution is -0.130. The molecule has 1 heterocycles. The molecule has 29 heavy (non-hydrogen) atoms. The van der Waals surface area contributed by atoms with Gasteiger partial charge in [0.05, 0.1) is 6.67 Å². The topological polar surface area (TPSA) is 61.6 Å².